The molecule has 0 aliphatic heterocycles. The molecule has 0 saturated heterocycles. The molecule has 13 rings (SSSR count). The maximum absolute atomic E-state index is 7.44. The van der Waals surface area contributed by atoms with Crippen molar-refractivity contribution >= 4 is 107 Å². The molecule has 0 atom stereocenters. The van der Waals surface area contributed by atoms with Crippen LogP contribution in [0.5, 0.6) is 0 Å². The zero-order valence-corrected chi connectivity index (χ0v) is 44.9. The first-order valence-corrected chi connectivity index (χ1v) is 30.2. The third-order valence-electron chi connectivity index (χ3n) is 15.0. The van der Waals surface area contributed by atoms with Crippen LogP contribution >= 0.6 is 14.1 Å². The highest BCUT2D eigenvalue weighted by Gasteiger charge is 2.38. The van der Waals surface area contributed by atoms with Gasteiger partial charge < -0.3 is 4.42 Å². The van der Waals surface area contributed by atoms with Crippen LogP contribution in [0.15, 0.2) is 349 Å². The van der Waals surface area contributed by atoms with Crippen molar-refractivity contribution in [2.24, 2.45) is 4.74 Å². The Labute approximate surface area is 458 Å². The standard InChI is InChI=1S/C48H36N2OP2.C24H20B/c1-7-21-37(22-8-1)49-52(39-25-11-3-12-26-39,40-27-13-4-14-28-40)45-35-19-33-43-44-34-20-36-46(48(44)51-47(43)45)53(41-29-15-5-16-30-41,42-31-17-6-18-32-42)50-38-23-9-2-10-24-38;1-5-13-21(14-6-1)25(22-15-7-2-8-16-22,23-17-9-3-10-18-23)24-19-11-4-12-20-24/h1-36H;1-20H/q;-1/p+1. The molecule has 374 valence electrons. The number of nitrogens with one attached hydrogen (secondary N) is 1. The number of fused-ring (bicyclic) bond motifs is 3. The van der Waals surface area contributed by atoms with E-state index >= 15 is 0 Å². The SMILES string of the molecule is c1ccc(N=P(c2ccccc2)(c2ccccc2)c2cccc3c2oc2c(P(=[NH+]c4ccccc4)(c4ccccc4)c4ccccc4)cccc23)cc1.c1ccc([B-](c2ccccc2)(c2ccccc2)c2ccccc2)cc1. The summed E-state index contributed by atoms with van der Waals surface area (Å²) >= 11 is 0. The van der Waals surface area contributed by atoms with Crippen LogP contribution in [-0.2, 0) is 0 Å². The topological polar surface area (TPSA) is 39.5 Å². The van der Waals surface area contributed by atoms with E-state index in [9.17, 15) is 0 Å². The molecule has 12 aromatic carbocycles. The average Bonchev–Trinajstić information content (AvgIpc) is 4.13. The largest absolute Gasteiger partial charge is 0.454 e. The molecule has 78 heavy (non-hydrogen) atoms. The summed E-state index contributed by atoms with van der Waals surface area (Å²) in [6.07, 6.45) is -1.22. The van der Waals surface area contributed by atoms with Crippen LogP contribution in [-0.4, -0.2) is 6.15 Å². The highest BCUT2D eigenvalue weighted by Crippen LogP contribution is 2.52. The number of hydrogen-bond acceptors (Lipinski definition) is 2. The van der Waals surface area contributed by atoms with E-state index in [0.717, 1.165) is 43.9 Å². The zero-order chi connectivity index (χ0) is 52.5. The second kappa shape index (κ2) is 22.7. The fourth-order valence-corrected chi connectivity index (χ4v) is 19.0. The summed E-state index contributed by atoms with van der Waals surface area (Å²) in [5, 5.41) is 9.19. The number of para-hydroxylation sites is 3. The molecule has 0 bridgehead atoms. The van der Waals surface area contributed by atoms with Crippen LogP contribution < -0.4 is 58.4 Å². The summed E-state index contributed by atoms with van der Waals surface area (Å²) in [6, 6.07) is 121. The van der Waals surface area contributed by atoms with Gasteiger partial charge in [0.25, 0.3) is 0 Å². The molecule has 0 saturated carbocycles. The van der Waals surface area contributed by atoms with Crippen molar-refractivity contribution in [3.8, 4) is 0 Å². The Kier molecular flexibility index (Phi) is 14.5. The summed E-state index contributed by atoms with van der Waals surface area (Å²) in [5.74, 6) is 0. The van der Waals surface area contributed by atoms with Gasteiger partial charge in [-0.2, -0.15) is 21.9 Å². The van der Waals surface area contributed by atoms with Crippen molar-refractivity contribution in [3.05, 3.63) is 340 Å². The van der Waals surface area contributed by atoms with E-state index in [-0.39, 0.29) is 0 Å². The monoisotopic (exact) mass is 1040 g/mol. The minimum Gasteiger partial charge on any atom is -0.454 e. The van der Waals surface area contributed by atoms with Crippen LogP contribution in [0.25, 0.3) is 21.9 Å². The predicted octanol–water partition coefficient (Wildman–Crippen LogP) is 12.3. The Balaban J connectivity index is 0.000000203. The first kappa shape index (κ1) is 49.8. The highest BCUT2D eigenvalue weighted by molar-refractivity contribution is 7.88. The summed E-state index contributed by atoms with van der Waals surface area (Å²) in [7, 11) is -5.24. The van der Waals surface area contributed by atoms with Gasteiger partial charge in [-0.3, -0.25) is 4.74 Å². The molecule has 1 heterocycles. The highest BCUT2D eigenvalue weighted by atomic mass is 31.2. The summed E-state index contributed by atoms with van der Waals surface area (Å²) in [4.78, 5) is 0. The Morgan fingerprint density at radius 2 is 0.590 bits per heavy atom. The maximum atomic E-state index is 7.44. The van der Waals surface area contributed by atoms with Gasteiger partial charge in [0.1, 0.15) is 17.3 Å². The van der Waals surface area contributed by atoms with Crippen molar-refractivity contribution in [1.82, 2.24) is 0 Å². The average molecular weight is 1040 g/mol. The van der Waals surface area contributed by atoms with Gasteiger partial charge >= 0.3 is 0 Å². The van der Waals surface area contributed by atoms with E-state index in [1.165, 1.54) is 43.1 Å². The molecular formula is C72H57BN2OP2. The Hall–Kier alpha value is -9.04. The third kappa shape index (κ3) is 9.30. The minimum absolute atomic E-state index is 0.870. The van der Waals surface area contributed by atoms with E-state index in [1.807, 2.05) is 6.07 Å². The Morgan fingerprint density at radius 1 is 0.282 bits per heavy atom. The van der Waals surface area contributed by atoms with Gasteiger partial charge in [0, 0.05) is 49.4 Å². The van der Waals surface area contributed by atoms with Crippen molar-refractivity contribution in [2.45, 2.75) is 0 Å². The lowest BCUT2D eigenvalue weighted by Crippen LogP contribution is -2.74. The number of hydrogen-bond donors (Lipinski definition) is 1. The smallest absolute Gasteiger partial charge is 0.199 e. The summed E-state index contributed by atoms with van der Waals surface area (Å²) in [5.41, 5.74) is 9.11. The lowest BCUT2D eigenvalue weighted by atomic mass is 9.13. The van der Waals surface area contributed by atoms with Crippen molar-refractivity contribution in [1.29, 1.82) is 0 Å². The fraction of sp³-hybridized carbons (Fsp3) is 0. The number of nitrogens with zero attached hydrogens (tertiary/aromatic N) is 1. The second-order valence-electron chi connectivity index (χ2n) is 19.5. The van der Waals surface area contributed by atoms with Crippen molar-refractivity contribution < 1.29 is 9.16 Å². The zero-order valence-electron chi connectivity index (χ0n) is 43.2. The number of rotatable bonds is 12. The molecule has 1 N–H and O–H groups in total. The first-order chi connectivity index (χ1) is 38.7. The third-order valence-corrected chi connectivity index (χ3v) is 22.5. The molecule has 13 aromatic rings. The van der Waals surface area contributed by atoms with Crippen LogP contribution in [0.4, 0.5) is 11.4 Å². The van der Waals surface area contributed by atoms with Gasteiger partial charge in [-0.05, 0) is 48.5 Å². The summed E-state index contributed by atoms with van der Waals surface area (Å²) < 4.78 is 17.4. The molecule has 0 aliphatic rings. The van der Waals surface area contributed by atoms with E-state index in [1.54, 1.807) is 0 Å². The second-order valence-corrected chi connectivity index (χ2v) is 25.5. The van der Waals surface area contributed by atoms with Gasteiger partial charge in [0.15, 0.2) is 12.7 Å². The molecule has 1 aromatic heterocycles. The molecule has 0 aliphatic carbocycles. The molecule has 0 spiro atoms. The first-order valence-electron chi connectivity index (χ1n) is 26.6. The lowest BCUT2D eigenvalue weighted by molar-refractivity contribution is -0.326. The van der Waals surface area contributed by atoms with E-state index in [0.29, 0.717) is 0 Å². The van der Waals surface area contributed by atoms with E-state index in [4.69, 9.17) is 9.16 Å². The maximum Gasteiger partial charge on any atom is 0.199 e. The van der Waals surface area contributed by atoms with Gasteiger partial charge in [0.2, 0.25) is 0 Å². The Morgan fingerprint density at radius 3 is 0.974 bits per heavy atom. The molecule has 0 amide bonds. The van der Waals surface area contributed by atoms with Crippen LogP contribution in [0, 0.1) is 0 Å². The quantitative estimate of drug-likeness (QED) is 0.0961. The predicted molar refractivity (Wildman–Crippen MR) is 337 cm³/mol. The Bertz CT molecular complexity index is 3730. The molecular weight excluding hydrogens is 982 g/mol. The van der Waals surface area contributed by atoms with Gasteiger partial charge in [-0.15, -0.1) is 0 Å². The number of furan rings is 1. The molecule has 3 nitrogen and oxygen atoms in total. The van der Waals surface area contributed by atoms with Crippen LogP contribution in [0.2, 0.25) is 0 Å². The fourth-order valence-electron chi connectivity index (χ4n) is 11.6. The molecule has 0 unspecified atom stereocenters. The summed E-state index contributed by atoms with van der Waals surface area (Å²) in [6.45, 7) is 0. The minimum atomic E-state index is -2.68. The lowest BCUT2D eigenvalue weighted by Gasteiger charge is -2.44. The number of benzene rings is 12. The van der Waals surface area contributed by atoms with Crippen LogP contribution in [0.1, 0.15) is 0 Å². The van der Waals surface area contributed by atoms with Crippen molar-refractivity contribution in [3.63, 3.8) is 0 Å². The normalized spacial score (nSPS) is 11.6. The van der Waals surface area contributed by atoms with Gasteiger partial charge in [-0.25, -0.2) is 4.74 Å². The van der Waals surface area contributed by atoms with Crippen molar-refractivity contribution in [2.75, 3.05) is 0 Å². The van der Waals surface area contributed by atoms with E-state index in [2.05, 4.69) is 338 Å². The van der Waals surface area contributed by atoms with E-state index < -0.39 is 20.3 Å². The van der Waals surface area contributed by atoms with Crippen LogP contribution in [0.3, 0.4) is 0 Å². The van der Waals surface area contributed by atoms with Gasteiger partial charge in [-0.1, -0.05) is 279 Å². The molecule has 0 radical (unpaired) electrons. The molecule has 6 heteroatoms. The van der Waals surface area contributed by atoms with Gasteiger partial charge in [0.05, 0.1) is 18.0 Å². The molecule has 0 fully saturated rings.